The lowest BCUT2D eigenvalue weighted by Crippen LogP contribution is -2.42. The maximum absolute atomic E-state index is 12.6. The highest BCUT2D eigenvalue weighted by Gasteiger charge is 2.50. The molecule has 0 bridgehead atoms. The average molecular weight is 427 g/mol. The molecule has 0 N–H and O–H groups in total. The lowest BCUT2D eigenvalue weighted by atomic mass is 9.70. The minimum Gasteiger partial charge on any atom is -0.493 e. The highest BCUT2D eigenvalue weighted by Crippen LogP contribution is 2.55. The van der Waals surface area contributed by atoms with Crippen molar-refractivity contribution < 1.29 is 19.0 Å². The van der Waals surface area contributed by atoms with E-state index in [4.69, 9.17) is 14.2 Å². The van der Waals surface area contributed by atoms with Crippen LogP contribution in [0.1, 0.15) is 33.8 Å². The minimum absolute atomic E-state index is 0.204. The molecule has 138 valence electrons. The standard InChI is InChI=1S/C22H19BrO4/c1-25-16-10-6-12-2-3-13-7-11-17(21-19(13)18(12)20(16)27-21)26-22(24)14-4-8-15(23)9-5-14/h4-11,13,17,19,21H,2-3H2,1H3. The topological polar surface area (TPSA) is 44.8 Å². The van der Waals surface area contributed by atoms with Crippen LogP contribution in [0.3, 0.4) is 0 Å². The number of hydrogen-bond acceptors (Lipinski definition) is 4. The molecule has 2 aromatic rings. The van der Waals surface area contributed by atoms with E-state index in [-0.39, 0.29) is 18.0 Å². The molecular formula is C22H19BrO4. The normalized spacial score (nSPS) is 26.9. The number of hydrogen-bond donors (Lipinski definition) is 0. The largest absolute Gasteiger partial charge is 0.493 e. The predicted molar refractivity (Wildman–Crippen MR) is 104 cm³/mol. The van der Waals surface area contributed by atoms with Crippen LogP contribution in [0.5, 0.6) is 11.5 Å². The van der Waals surface area contributed by atoms with Gasteiger partial charge in [0.05, 0.1) is 12.7 Å². The maximum atomic E-state index is 12.6. The molecule has 4 unspecified atom stereocenters. The van der Waals surface area contributed by atoms with Gasteiger partial charge in [-0.1, -0.05) is 28.1 Å². The molecule has 0 fully saturated rings. The zero-order chi connectivity index (χ0) is 18.5. The first-order valence-electron chi connectivity index (χ1n) is 9.17. The van der Waals surface area contributed by atoms with Crippen molar-refractivity contribution in [1.29, 1.82) is 0 Å². The van der Waals surface area contributed by atoms with Crippen LogP contribution >= 0.6 is 15.9 Å². The van der Waals surface area contributed by atoms with Crippen molar-refractivity contribution in [2.24, 2.45) is 5.92 Å². The van der Waals surface area contributed by atoms with Gasteiger partial charge in [-0.15, -0.1) is 0 Å². The first kappa shape index (κ1) is 16.9. The molecule has 0 radical (unpaired) electrons. The summed E-state index contributed by atoms with van der Waals surface area (Å²) in [7, 11) is 1.66. The van der Waals surface area contributed by atoms with Crippen LogP contribution in [0.15, 0.2) is 53.0 Å². The number of ether oxygens (including phenoxy) is 3. The summed E-state index contributed by atoms with van der Waals surface area (Å²) in [6.07, 6.45) is 5.70. The third kappa shape index (κ3) is 2.67. The molecular weight excluding hydrogens is 408 g/mol. The van der Waals surface area contributed by atoms with E-state index in [0.29, 0.717) is 11.5 Å². The molecule has 1 aliphatic heterocycles. The molecule has 0 saturated carbocycles. The number of halogens is 1. The van der Waals surface area contributed by atoms with Crippen LogP contribution in [0, 0.1) is 5.92 Å². The van der Waals surface area contributed by atoms with E-state index in [1.54, 1.807) is 19.2 Å². The van der Waals surface area contributed by atoms with Crippen molar-refractivity contribution in [1.82, 2.24) is 0 Å². The van der Waals surface area contributed by atoms with Gasteiger partial charge in [-0.2, -0.15) is 0 Å². The lowest BCUT2D eigenvalue weighted by Gasteiger charge is -2.36. The Kier molecular flexibility index (Phi) is 4.01. The van der Waals surface area contributed by atoms with Gasteiger partial charge in [0.15, 0.2) is 17.6 Å². The van der Waals surface area contributed by atoms with Crippen LogP contribution in [0.25, 0.3) is 0 Å². The Hall–Kier alpha value is -2.27. The van der Waals surface area contributed by atoms with E-state index in [9.17, 15) is 4.79 Å². The summed E-state index contributed by atoms with van der Waals surface area (Å²) in [5.41, 5.74) is 3.10. The van der Waals surface area contributed by atoms with Gasteiger partial charge in [-0.3, -0.25) is 0 Å². The van der Waals surface area contributed by atoms with Gasteiger partial charge < -0.3 is 14.2 Å². The van der Waals surface area contributed by atoms with Crippen molar-refractivity contribution in [3.63, 3.8) is 0 Å². The smallest absolute Gasteiger partial charge is 0.338 e. The highest BCUT2D eigenvalue weighted by atomic mass is 79.9. The molecule has 27 heavy (non-hydrogen) atoms. The summed E-state index contributed by atoms with van der Waals surface area (Å²) in [6.45, 7) is 0. The highest BCUT2D eigenvalue weighted by molar-refractivity contribution is 9.10. The second kappa shape index (κ2) is 6.41. The van der Waals surface area contributed by atoms with Gasteiger partial charge >= 0.3 is 5.97 Å². The number of aryl methyl sites for hydroxylation is 1. The minimum atomic E-state index is -0.412. The van der Waals surface area contributed by atoms with Crippen LogP contribution in [0.2, 0.25) is 0 Å². The molecule has 0 saturated heterocycles. The monoisotopic (exact) mass is 426 g/mol. The Morgan fingerprint density at radius 3 is 2.74 bits per heavy atom. The van der Waals surface area contributed by atoms with Gasteiger partial charge in [0.25, 0.3) is 0 Å². The number of carbonyl (C=O) groups excluding carboxylic acids is 1. The van der Waals surface area contributed by atoms with Gasteiger partial charge in [0, 0.05) is 16.0 Å². The number of esters is 1. The second-order valence-corrected chi connectivity index (χ2v) is 8.16. The Bertz CT molecular complexity index is 934. The zero-order valence-electron chi connectivity index (χ0n) is 14.9. The molecule has 4 nitrogen and oxygen atoms in total. The maximum Gasteiger partial charge on any atom is 0.338 e. The lowest BCUT2D eigenvalue weighted by molar-refractivity contribution is -0.000440. The first-order chi connectivity index (χ1) is 13.2. The molecule has 2 aliphatic carbocycles. The van der Waals surface area contributed by atoms with Gasteiger partial charge in [-0.25, -0.2) is 4.79 Å². The summed E-state index contributed by atoms with van der Waals surface area (Å²) in [6, 6.07) is 11.3. The number of allylic oxidation sites excluding steroid dienone is 1. The Morgan fingerprint density at radius 2 is 1.96 bits per heavy atom. The van der Waals surface area contributed by atoms with E-state index >= 15 is 0 Å². The summed E-state index contributed by atoms with van der Waals surface area (Å²) < 4.78 is 18.6. The van der Waals surface area contributed by atoms with E-state index in [0.717, 1.165) is 28.8 Å². The fraction of sp³-hybridized carbons (Fsp3) is 0.318. The molecule has 5 heteroatoms. The number of rotatable bonds is 3. The van der Waals surface area contributed by atoms with E-state index in [2.05, 4.69) is 28.1 Å². The Labute approximate surface area is 166 Å². The Balaban J connectivity index is 1.46. The van der Waals surface area contributed by atoms with Crippen molar-refractivity contribution in [2.45, 2.75) is 31.0 Å². The summed E-state index contributed by atoms with van der Waals surface area (Å²) >= 11 is 3.38. The van der Waals surface area contributed by atoms with Crippen molar-refractivity contribution in [3.8, 4) is 11.5 Å². The summed E-state index contributed by atoms with van der Waals surface area (Å²) in [5, 5.41) is 0. The molecule has 1 heterocycles. The molecule has 5 rings (SSSR count). The van der Waals surface area contributed by atoms with Crippen LogP contribution in [-0.4, -0.2) is 25.3 Å². The SMILES string of the molecule is COc1ccc2c3c1OC1C(OC(=O)c4ccc(Br)cc4)C=CC(CC2)C31. The van der Waals surface area contributed by atoms with Crippen molar-refractivity contribution >= 4 is 21.9 Å². The van der Waals surface area contributed by atoms with Crippen LogP contribution in [0.4, 0.5) is 0 Å². The molecule has 3 aliphatic rings. The first-order valence-corrected chi connectivity index (χ1v) is 9.96. The van der Waals surface area contributed by atoms with Gasteiger partial charge in [0.2, 0.25) is 0 Å². The fourth-order valence-electron chi connectivity index (χ4n) is 4.55. The third-order valence-corrected chi connectivity index (χ3v) is 6.34. The Morgan fingerprint density at radius 1 is 1.15 bits per heavy atom. The number of carbonyl (C=O) groups is 1. The fourth-order valence-corrected chi connectivity index (χ4v) is 4.82. The third-order valence-electron chi connectivity index (χ3n) is 5.81. The van der Waals surface area contributed by atoms with Crippen LogP contribution in [-0.2, 0) is 11.2 Å². The van der Waals surface area contributed by atoms with E-state index < -0.39 is 6.10 Å². The van der Waals surface area contributed by atoms with Gasteiger partial charge in [-0.05, 0) is 60.7 Å². The molecule has 2 aromatic carbocycles. The summed E-state index contributed by atoms with van der Waals surface area (Å²) in [4.78, 5) is 12.6. The van der Waals surface area contributed by atoms with Gasteiger partial charge in [0.1, 0.15) is 6.10 Å². The zero-order valence-corrected chi connectivity index (χ0v) is 16.4. The number of methoxy groups -OCH3 is 1. The molecule has 0 aromatic heterocycles. The van der Waals surface area contributed by atoms with E-state index in [1.165, 1.54) is 11.1 Å². The van der Waals surface area contributed by atoms with Crippen LogP contribution < -0.4 is 9.47 Å². The number of benzene rings is 2. The predicted octanol–water partition coefficient (Wildman–Crippen LogP) is 4.66. The van der Waals surface area contributed by atoms with Crippen molar-refractivity contribution in [3.05, 3.63) is 69.7 Å². The molecule has 0 spiro atoms. The second-order valence-electron chi connectivity index (χ2n) is 7.24. The average Bonchev–Trinajstić information content (AvgIpc) is 3.10. The quantitative estimate of drug-likeness (QED) is 0.528. The summed E-state index contributed by atoms with van der Waals surface area (Å²) in [5.74, 6) is 1.87. The molecule has 0 amide bonds. The van der Waals surface area contributed by atoms with Crippen molar-refractivity contribution in [2.75, 3.05) is 7.11 Å². The molecule has 4 atom stereocenters. The van der Waals surface area contributed by atoms with E-state index in [1.807, 2.05) is 24.3 Å².